The van der Waals surface area contributed by atoms with Gasteiger partial charge in [0.1, 0.15) is 0 Å². The molecule has 0 amide bonds. The van der Waals surface area contributed by atoms with Crippen LogP contribution in [0.15, 0.2) is 249 Å². The van der Waals surface area contributed by atoms with Crippen molar-refractivity contribution in [3.8, 4) is 72.4 Å². The summed E-state index contributed by atoms with van der Waals surface area (Å²) < 4.78 is 2.49. The summed E-state index contributed by atoms with van der Waals surface area (Å²) in [4.78, 5) is 2.42. The third-order valence-electron chi connectivity index (χ3n) is 17.8. The Morgan fingerprint density at radius 1 is 0.346 bits per heavy atom. The average Bonchev–Trinajstić information content (AvgIpc) is 4.13. The Labute approximate surface area is 459 Å². The highest BCUT2D eigenvalue weighted by atomic mass is 15.1. The molecule has 0 radical (unpaired) electrons. The van der Waals surface area contributed by atoms with Crippen LogP contribution in [-0.2, 0) is 10.8 Å². The number of benzene rings is 11. The Bertz CT molecular complexity index is 4270. The van der Waals surface area contributed by atoms with Crippen molar-refractivity contribution in [1.29, 1.82) is 0 Å². The van der Waals surface area contributed by atoms with E-state index in [9.17, 15) is 0 Å². The van der Waals surface area contributed by atoms with Crippen molar-refractivity contribution in [3.63, 3.8) is 0 Å². The van der Waals surface area contributed by atoms with Crippen LogP contribution in [0.1, 0.15) is 81.7 Å². The van der Waals surface area contributed by atoms with Crippen molar-refractivity contribution in [2.24, 2.45) is 0 Å². The third-order valence-corrected chi connectivity index (χ3v) is 17.8. The number of hydrogen-bond donors (Lipinski definition) is 0. The number of aromatic nitrogens is 1. The van der Waals surface area contributed by atoms with Crippen LogP contribution in [0.3, 0.4) is 0 Å². The first-order valence-electron chi connectivity index (χ1n) is 27.9. The van der Waals surface area contributed by atoms with Gasteiger partial charge in [0.15, 0.2) is 0 Å². The Morgan fingerprint density at radius 3 is 1.24 bits per heavy atom. The second-order valence-corrected chi connectivity index (χ2v) is 22.9. The third kappa shape index (κ3) is 7.68. The van der Waals surface area contributed by atoms with Crippen molar-refractivity contribution in [1.82, 2.24) is 4.57 Å². The summed E-state index contributed by atoms with van der Waals surface area (Å²) in [5, 5.41) is 2.47. The first kappa shape index (κ1) is 47.5. The molecule has 2 nitrogen and oxygen atoms in total. The summed E-state index contributed by atoms with van der Waals surface area (Å²) in [7, 11) is 0. The minimum absolute atomic E-state index is 0.112. The van der Waals surface area contributed by atoms with Crippen LogP contribution in [0, 0.1) is 0 Å². The summed E-state index contributed by atoms with van der Waals surface area (Å²) in [5.74, 6) is 0.560. The molecular weight excluding hydrogens is 941 g/mol. The normalized spacial score (nSPS) is 14.0. The molecular formula is C76H62N2. The molecule has 0 fully saturated rings. The van der Waals surface area contributed by atoms with Gasteiger partial charge in [-0.1, -0.05) is 217 Å². The van der Waals surface area contributed by atoms with E-state index in [2.05, 4.69) is 300 Å². The Balaban J connectivity index is 0.869. The molecule has 12 aromatic rings. The topological polar surface area (TPSA) is 8.17 Å². The van der Waals surface area contributed by atoms with Crippen LogP contribution in [0.2, 0.25) is 0 Å². The quantitative estimate of drug-likeness (QED) is 0.133. The van der Waals surface area contributed by atoms with Crippen molar-refractivity contribution in [3.05, 3.63) is 277 Å². The van der Waals surface area contributed by atoms with Crippen molar-refractivity contribution >= 4 is 38.9 Å². The van der Waals surface area contributed by atoms with Crippen LogP contribution >= 0.6 is 0 Å². The van der Waals surface area contributed by atoms with Gasteiger partial charge < -0.3 is 9.47 Å². The summed E-state index contributed by atoms with van der Waals surface area (Å²) in [6.07, 6.45) is 1.14. The van der Waals surface area contributed by atoms with Crippen molar-refractivity contribution < 1.29 is 0 Å². The van der Waals surface area contributed by atoms with Crippen LogP contribution < -0.4 is 4.90 Å². The first-order chi connectivity index (χ1) is 38.0. The van der Waals surface area contributed by atoms with E-state index in [0.29, 0.717) is 5.92 Å². The molecule has 1 aromatic heterocycles. The predicted molar refractivity (Wildman–Crippen MR) is 331 cm³/mol. The van der Waals surface area contributed by atoms with Gasteiger partial charge in [-0.15, -0.1) is 0 Å². The second kappa shape index (κ2) is 18.4. The minimum Gasteiger partial charge on any atom is -0.310 e. The molecule has 1 heterocycles. The average molecular weight is 1000 g/mol. The number of fused-ring (bicyclic) bond motifs is 9. The van der Waals surface area contributed by atoms with Gasteiger partial charge in [-0.25, -0.2) is 0 Å². The maximum absolute atomic E-state index is 2.49. The lowest BCUT2D eigenvalue weighted by Crippen LogP contribution is -2.16. The molecule has 0 N–H and O–H groups in total. The Hall–Kier alpha value is -8.98. The number of rotatable bonds is 10. The predicted octanol–water partition coefficient (Wildman–Crippen LogP) is 21.0. The van der Waals surface area contributed by atoms with E-state index in [1.165, 1.54) is 122 Å². The van der Waals surface area contributed by atoms with Gasteiger partial charge >= 0.3 is 0 Å². The fraction of sp³-hybridized carbons (Fsp3) is 0.132. The molecule has 14 rings (SSSR count). The largest absolute Gasteiger partial charge is 0.310 e. The highest BCUT2D eigenvalue weighted by molar-refractivity contribution is 6.12. The lowest BCUT2D eigenvalue weighted by atomic mass is 9.82. The minimum atomic E-state index is -0.120. The van der Waals surface area contributed by atoms with Crippen LogP contribution in [0.5, 0.6) is 0 Å². The monoisotopic (exact) mass is 1000 g/mol. The summed E-state index contributed by atoms with van der Waals surface area (Å²) in [6.45, 7) is 14.0. The zero-order valence-electron chi connectivity index (χ0n) is 45.4. The molecule has 0 aliphatic heterocycles. The van der Waals surface area contributed by atoms with E-state index >= 15 is 0 Å². The van der Waals surface area contributed by atoms with E-state index in [1.54, 1.807) is 0 Å². The van der Waals surface area contributed by atoms with Gasteiger partial charge in [0.2, 0.25) is 0 Å². The fourth-order valence-electron chi connectivity index (χ4n) is 13.1. The molecule has 2 aliphatic rings. The molecule has 2 aliphatic carbocycles. The molecule has 376 valence electrons. The molecule has 0 saturated heterocycles. The number of hydrogen-bond acceptors (Lipinski definition) is 1. The zero-order valence-corrected chi connectivity index (χ0v) is 45.4. The summed E-state index contributed by atoms with van der Waals surface area (Å²) in [6, 6.07) is 93.3. The van der Waals surface area contributed by atoms with Gasteiger partial charge in [-0.05, 0) is 180 Å². The standard InChI is InChI=1S/C76H62N2/c1-7-49(2)50-21-23-52(24-22-50)53-25-27-55(28-26-53)57-33-43-73-67(45-57)68-46-58(34-44-74(68)78(73)62-40-42-66-64-18-12-14-20-70(64)76(5,6)72(66)48-62)56-31-37-60(38-32-56)77(59-35-29-54(30-36-59)51-15-9-8-10-16-51)61-39-41-65-63-17-11-13-19-69(63)75(3,4)71(65)47-61/h8-49H,7H2,1-6H3. The highest BCUT2D eigenvalue weighted by Gasteiger charge is 2.37. The van der Waals surface area contributed by atoms with Gasteiger partial charge in [-0.2, -0.15) is 0 Å². The van der Waals surface area contributed by atoms with E-state index in [1.807, 2.05) is 0 Å². The van der Waals surface area contributed by atoms with E-state index in [0.717, 1.165) is 23.5 Å². The molecule has 0 spiro atoms. The maximum Gasteiger partial charge on any atom is 0.0541 e. The van der Waals surface area contributed by atoms with E-state index < -0.39 is 0 Å². The SMILES string of the molecule is CCC(C)c1ccc(-c2ccc(-c3ccc4c(c3)c3cc(-c5ccc(N(c6ccc(-c7ccccc7)cc6)c6ccc7c(c6)C(C)(C)c6ccccc6-7)cc5)ccc3n4-c3ccc4c(c3)C(C)(C)c3ccccc3-4)cc2)cc1. The molecule has 0 saturated carbocycles. The van der Waals surface area contributed by atoms with E-state index in [4.69, 9.17) is 0 Å². The first-order valence-corrected chi connectivity index (χ1v) is 27.9. The second-order valence-electron chi connectivity index (χ2n) is 22.9. The lowest BCUT2D eigenvalue weighted by Gasteiger charge is -2.28. The smallest absolute Gasteiger partial charge is 0.0541 e. The maximum atomic E-state index is 2.49. The number of nitrogens with zero attached hydrogens (tertiary/aromatic N) is 2. The molecule has 2 heteroatoms. The lowest BCUT2D eigenvalue weighted by molar-refractivity contribution is 0.660. The Kier molecular flexibility index (Phi) is 11.2. The highest BCUT2D eigenvalue weighted by Crippen LogP contribution is 2.52. The molecule has 11 aromatic carbocycles. The van der Waals surface area contributed by atoms with Crippen LogP contribution in [0.25, 0.3) is 94.3 Å². The summed E-state index contributed by atoms with van der Waals surface area (Å²) in [5.41, 5.74) is 28.6. The van der Waals surface area contributed by atoms with E-state index in [-0.39, 0.29) is 10.8 Å². The Morgan fingerprint density at radius 2 is 0.731 bits per heavy atom. The molecule has 0 bridgehead atoms. The molecule has 78 heavy (non-hydrogen) atoms. The molecule has 1 unspecified atom stereocenters. The van der Waals surface area contributed by atoms with Crippen LogP contribution in [0.4, 0.5) is 17.1 Å². The van der Waals surface area contributed by atoms with Gasteiger partial charge in [0.25, 0.3) is 0 Å². The van der Waals surface area contributed by atoms with Gasteiger partial charge in [0.05, 0.1) is 11.0 Å². The van der Waals surface area contributed by atoms with Crippen molar-refractivity contribution in [2.45, 2.75) is 64.7 Å². The summed E-state index contributed by atoms with van der Waals surface area (Å²) >= 11 is 0. The van der Waals surface area contributed by atoms with Gasteiger partial charge in [0, 0.05) is 44.4 Å². The molecule has 1 atom stereocenters. The van der Waals surface area contributed by atoms with Gasteiger partial charge in [-0.3, -0.25) is 0 Å². The van der Waals surface area contributed by atoms with Crippen LogP contribution in [-0.4, -0.2) is 4.57 Å². The number of anilines is 3. The van der Waals surface area contributed by atoms with Crippen molar-refractivity contribution in [2.75, 3.05) is 4.90 Å². The fourth-order valence-corrected chi connectivity index (χ4v) is 13.1. The zero-order chi connectivity index (χ0) is 52.9.